The zero-order valence-corrected chi connectivity index (χ0v) is 12.6. The van der Waals surface area contributed by atoms with Crippen molar-refractivity contribution < 1.29 is 19.5 Å². The highest BCUT2D eigenvalue weighted by Crippen LogP contribution is 2.21. The summed E-state index contributed by atoms with van der Waals surface area (Å²) in [6, 6.07) is 6.82. The summed E-state index contributed by atoms with van der Waals surface area (Å²) in [4.78, 5) is 26.9. The Morgan fingerprint density at radius 1 is 1.33 bits per heavy atom. The van der Waals surface area contributed by atoms with Crippen LogP contribution >= 0.6 is 11.6 Å². The van der Waals surface area contributed by atoms with E-state index in [0.717, 1.165) is 5.56 Å². The summed E-state index contributed by atoms with van der Waals surface area (Å²) in [6.45, 7) is 3.51. The second-order valence-corrected chi connectivity index (χ2v) is 5.08. The second kappa shape index (κ2) is 8.26. The molecular formula is C14H17ClN2O4. The Hall–Kier alpha value is -2.08. The summed E-state index contributed by atoms with van der Waals surface area (Å²) < 4.78 is 0. The first kappa shape index (κ1) is 17.0. The maximum Gasteiger partial charge on any atom is 0.433 e. The lowest BCUT2D eigenvalue weighted by Crippen LogP contribution is -2.29. The topological polar surface area (TPSA) is 88.0 Å². The highest BCUT2D eigenvalue weighted by atomic mass is 35.5. The maximum atomic E-state index is 11.4. The van der Waals surface area contributed by atoms with Crippen LogP contribution in [0.3, 0.4) is 0 Å². The first-order chi connectivity index (χ1) is 9.88. The largest absolute Gasteiger partial charge is 0.481 e. The van der Waals surface area contributed by atoms with Gasteiger partial charge in [-0.05, 0) is 31.5 Å². The summed E-state index contributed by atoms with van der Waals surface area (Å²) in [6.07, 6.45) is -0.835. The number of amides is 1. The van der Waals surface area contributed by atoms with Crippen LogP contribution in [0, 0.1) is 0 Å². The van der Waals surface area contributed by atoms with Crippen molar-refractivity contribution in [3.8, 4) is 0 Å². The van der Waals surface area contributed by atoms with Gasteiger partial charge in [-0.25, -0.2) is 4.79 Å². The van der Waals surface area contributed by atoms with Gasteiger partial charge in [0.1, 0.15) is 0 Å². The van der Waals surface area contributed by atoms with Crippen molar-refractivity contribution in [2.75, 3.05) is 6.54 Å². The Balaban J connectivity index is 2.66. The number of hydrogen-bond donors (Lipinski definition) is 2. The lowest BCUT2D eigenvalue weighted by atomic mass is 9.96. The smallest absolute Gasteiger partial charge is 0.433 e. The number of hydrogen-bond acceptors (Lipinski definition) is 4. The van der Waals surface area contributed by atoms with Crippen LogP contribution < -0.4 is 5.32 Å². The van der Waals surface area contributed by atoms with E-state index in [0.29, 0.717) is 10.7 Å². The van der Waals surface area contributed by atoms with Gasteiger partial charge in [0.25, 0.3) is 0 Å². The lowest BCUT2D eigenvalue weighted by Gasteiger charge is -2.15. The Labute approximate surface area is 127 Å². The van der Waals surface area contributed by atoms with E-state index >= 15 is 0 Å². The maximum absolute atomic E-state index is 11.4. The van der Waals surface area contributed by atoms with E-state index in [1.165, 1.54) is 0 Å². The standard InChI is InChI=1S/C14H17ClN2O4/c1-9(2)17-21-14(20)16-8-11(7-13(18)19)10-3-5-12(15)6-4-10/h3-6,11H,7-8H2,1-2H3,(H,16,20)(H,18,19). The summed E-state index contributed by atoms with van der Waals surface area (Å²) in [5, 5.41) is 15.5. The monoisotopic (exact) mass is 312 g/mol. The van der Waals surface area contributed by atoms with Crippen LogP contribution in [-0.2, 0) is 9.63 Å². The van der Waals surface area contributed by atoms with Crippen LogP contribution in [0.5, 0.6) is 0 Å². The van der Waals surface area contributed by atoms with E-state index in [1.54, 1.807) is 38.1 Å². The van der Waals surface area contributed by atoms with Crippen molar-refractivity contribution in [2.45, 2.75) is 26.2 Å². The molecule has 1 unspecified atom stereocenters. The average Bonchev–Trinajstić information content (AvgIpc) is 2.41. The molecule has 1 rings (SSSR count). The first-order valence-electron chi connectivity index (χ1n) is 6.31. The number of aliphatic carboxylic acids is 1. The predicted octanol–water partition coefficient (Wildman–Crippen LogP) is 3.02. The number of oxime groups is 1. The number of rotatable bonds is 6. The molecule has 114 valence electrons. The molecule has 0 aliphatic heterocycles. The summed E-state index contributed by atoms with van der Waals surface area (Å²) >= 11 is 5.80. The normalized spacial score (nSPS) is 11.4. The first-order valence-corrected chi connectivity index (χ1v) is 6.69. The van der Waals surface area contributed by atoms with Crippen molar-refractivity contribution >= 4 is 29.4 Å². The third-order valence-corrected chi connectivity index (χ3v) is 2.82. The molecule has 21 heavy (non-hydrogen) atoms. The molecule has 0 fully saturated rings. The van der Waals surface area contributed by atoms with Gasteiger partial charge in [0.15, 0.2) is 0 Å². The van der Waals surface area contributed by atoms with Crippen LogP contribution in [0.25, 0.3) is 0 Å². The van der Waals surface area contributed by atoms with E-state index in [2.05, 4.69) is 15.3 Å². The molecule has 0 heterocycles. The number of nitrogens with one attached hydrogen (secondary N) is 1. The fraction of sp³-hybridized carbons (Fsp3) is 0.357. The Kier molecular flexibility index (Phi) is 6.68. The number of benzene rings is 1. The Morgan fingerprint density at radius 2 is 1.95 bits per heavy atom. The highest BCUT2D eigenvalue weighted by molar-refractivity contribution is 6.30. The molecule has 0 bridgehead atoms. The van der Waals surface area contributed by atoms with Gasteiger partial charge in [-0.3, -0.25) is 9.63 Å². The quantitative estimate of drug-likeness (QED) is 0.480. The molecule has 0 aromatic heterocycles. The fourth-order valence-electron chi connectivity index (χ4n) is 1.63. The molecule has 0 saturated heterocycles. The second-order valence-electron chi connectivity index (χ2n) is 4.64. The van der Waals surface area contributed by atoms with Gasteiger partial charge >= 0.3 is 12.1 Å². The van der Waals surface area contributed by atoms with Crippen LogP contribution in [0.4, 0.5) is 4.79 Å². The van der Waals surface area contributed by atoms with E-state index in [1.807, 2.05) is 0 Å². The molecule has 7 heteroatoms. The number of carboxylic acids is 1. The van der Waals surface area contributed by atoms with Gasteiger partial charge in [-0.15, -0.1) is 0 Å². The van der Waals surface area contributed by atoms with Gasteiger partial charge in [0.05, 0.1) is 12.1 Å². The van der Waals surface area contributed by atoms with Crippen LogP contribution in [-0.4, -0.2) is 29.4 Å². The molecule has 0 radical (unpaired) electrons. The number of carboxylic acid groups (broad SMARTS) is 1. The van der Waals surface area contributed by atoms with Gasteiger partial charge in [0.2, 0.25) is 0 Å². The predicted molar refractivity (Wildman–Crippen MR) is 79.7 cm³/mol. The molecular weight excluding hydrogens is 296 g/mol. The van der Waals surface area contributed by atoms with Gasteiger partial charge in [-0.1, -0.05) is 28.9 Å². The number of carbonyl (C=O) groups excluding carboxylic acids is 1. The minimum atomic E-state index is -0.951. The fourth-order valence-corrected chi connectivity index (χ4v) is 1.75. The van der Waals surface area contributed by atoms with E-state index in [9.17, 15) is 9.59 Å². The summed E-state index contributed by atoms with van der Waals surface area (Å²) in [5.74, 6) is -1.33. The molecule has 2 N–H and O–H groups in total. The minimum absolute atomic E-state index is 0.113. The molecule has 0 spiro atoms. The average molecular weight is 313 g/mol. The molecule has 0 saturated carbocycles. The molecule has 1 amide bonds. The van der Waals surface area contributed by atoms with E-state index in [-0.39, 0.29) is 18.9 Å². The van der Waals surface area contributed by atoms with Gasteiger partial charge in [0, 0.05) is 17.5 Å². The van der Waals surface area contributed by atoms with Crippen LogP contribution in [0.1, 0.15) is 31.7 Å². The Morgan fingerprint density at radius 3 is 2.48 bits per heavy atom. The SMILES string of the molecule is CC(C)=NOC(=O)NCC(CC(=O)O)c1ccc(Cl)cc1. The van der Waals surface area contributed by atoms with E-state index < -0.39 is 12.1 Å². The van der Waals surface area contributed by atoms with Gasteiger partial charge in [-0.2, -0.15) is 0 Å². The Bertz CT molecular complexity index is 524. The van der Waals surface area contributed by atoms with Crippen molar-refractivity contribution in [1.82, 2.24) is 5.32 Å². The number of halogens is 1. The summed E-state index contributed by atoms with van der Waals surface area (Å²) in [5.41, 5.74) is 1.38. The lowest BCUT2D eigenvalue weighted by molar-refractivity contribution is -0.137. The van der Waals surface area contributed by atoms with Crippen molar-refractivity contribution in [3.05, 3.63) is 34.9 Å². The number of nitrogens with zero attached hydrogens (tertiary/aromatic N) is 1. The zero-order valence-electron chi connectivity index (χ0n) is 11.8. The van der Waals surface area contributed by atoms with Crippen LogP contribution in [0.15, 0.2) is 29.4 Å². The molecule has 6 nitrogen and oxygen atoms in total. The molecule has 1 aromatic rings. The minimum Gasteiger partial charge on any atom is -0.481 e. The van der Waals surface area contributed by atoms with Crippen molar-refractivity contribution in [3.63, 3.8) is 0 Å². The highest BCUT2D eigenvalue weighted by Gasteiger charge is 2.17. The third kappa shape index (κ3) is 6.76. The zero-order chi connectivity index (χ0) is 15.8. The van der Waals surface area contributed by atoms with E-state index in [4.69, 9.17) is 16.7 Å². The van der Waals surface area contributed by atoms with Crippen LogP contribution in [0.2, 0.25) is 5.02 Å². The molecule has 1 atom stereocenters. The number of carbonyl (C=O) groups is 2. The molecule has 0 aliphatic rings. The molecule has 1 aromatic carbocycles. The molecule has 0 aliphatic carbocycles. The van der Waals surface area contributed by atoms with Gasteiger partial charge < -0.3 is 10.4 Å². The third-order valence-electron chi connectivity index (χ3n) is 2.57. The van der Waals surface area contributed by atoms with Crippen molar-refractivity contribution in [1.29, 1.82) is 0 Å². The van der Waals surface area contributed by atoms with Crippen molar-refractivity contribution in [2.24, 2.45) is 5.16 Å². The summed E-state index contributed by atoms with van der Waals surface area (Å²) in [7, 11) is 0.